The van der Waals surface area contributed by atoms with Gasteiger partial charge in [0.1, 0.15) is 11.6 Å². The van der Waals surface area contributed by atoms with Gasteiger partial charge in [-0.05, 0) is 33.3 Å². The Balaban J connectivity index is 1.85. The predicted molar refractivity (Wildman–Crippen MR) is 91.0 cm³/mol. The van der Waals surface area contributed by atoms with E-state index in [2.05, 4.69) is 58.6 Å². The maximum atomic E-state index is 4.57. The summed E-state index contributed by atoms with van der Waals surface area (Å²) < 4.78 is 3.82. The van der Waals surface area contributed by atoms with E-state index < -0.39 is 0 Å². The van der Waals surface area contributed by atoms with Crippen LogP contribution in [0.5, 0.6) is 0 Å². The Morgan fingerprint density at radius 3 is 2.57 bits per heavy atom. The highest BCUT2D eigenvalue weighted by molar-refractivity contribution is 5.49. The molecule has 0 unspecified atom stereocenters. The molecule has 6 heteroatoms. The van der Waals surface area contributed by atoms with Gasteiger partial charge in [0.25, 0.3) is 0 Å². The molecule has 0 radical (unpaired) electrons. The van der Waals surface area contributed by atoms with Gasteiger partial charge in [-0.25, -0.2) is 9.36 Å². The minimum atomic E-state index is 0.606. The van der Waals surface area contributed by atoms with Gasteiger partial charge in [0.15, 0.2) is 0 Å². The lowest BCUT2D eigenvalue weighted by Crippen LogP contribution is -2.07. The van der Waals surface area contributed by atoms with Crippen LogP contribution in [0.3, 0.4) is 0 Å². The summed E-state index contributed by atoms with van der Waals surface area (Å²) in [5, 5.41) is 12.3. The van der Waals surface area contributed by atoms with Gasteiger partial charge in [-0.1, -0.05) is 29.8 Å². The van der Waals surface area contributed by atoms with Gasteiger partial charge in [0.2, 0.25) is 5.95 Å². The van der Waals surface area contributed by atoms with Crippen molar-refractivity contribution in [2.75, 3.05) is 5.32 Å². The van der Waals surface area contributed by atoms with Gasteiger partial charge in [0, 0.05) is 12.6 Å². The molecule has 0 bridgehead atoms. The first kappa shape index (κ1) is 15.3. The average molecular weight is 310 g/mol. The Kier molecular flexibility index (Phi) is 4.14. The van der Waals surface area contributed by atoms with Crippen molar-refractivity contribution >= 4 is 11.8 Å². The van der Waals surface area contributed by atoms with Crippen LogP contribution in [0.15, 0.2) is 30.3 Å². The minimum Gasteiger partial charge on any atom is -0.308 e. The van der Waals surface area contributed by atoms with Crippen LogP contribution >= 0.6 is 0 Å². The first-order chi connectivity index (χ1) is 11.0. The van der Waals surface area contributed by atoms with Crippen LogP contribution in [0.2, 0.25) is 0 Å². The van der Waals surface area contributed by atoms with E-state index >= 15 is 0 Å². The molecule has 0 atom stereocenters. The van der Waals surface area contributed by atoms with Crippen LogP contribution in [0.1, 0.15) is 29.6 Å². The molecule has 23 heavy (non-hydrogen) atoms. The predicted octanol–water partition coefficient (Wildman–Crippen LogP) is 3.21. The molecule has 1 N–H and O–H groups in total. The second kappa shape index (κ2) is 6.24. The molecule has 3 aromatic rings. The number of nitrogens with zero attached hydrogens (tertiary/aromatic N) is 5. The van der Waals surface area contributed by atoms with Crippen molar-refractivity contribution in [2.45, 2.75) is 40.8 Å². The van der Waals surface area contributed by atoms with Gasteiger partial charge < -0.3 is 5.32 Å². The summed E-state index contributed by atoms with van der Waals surface area (Å²) >= 11 is 0. The summed E-state index contributed by atoms with van der Waals surface area (Å²) in [6, 6.07) is 10.5. The molecular weight excluding hydrogens is 288 g/mol. The molecule has 0 saturated carbocycles. The summed E-state index contributed by atoms with van der Waals surface area (Å²) in [6.07, 6.45) is 0. The third-order valence-corrected chi connectivity index (χ3v) is 3.71. The van der Waals surface area contributed by atoms with Crippen molar-refractivity contribution in [1.82, 2.24) is 24.5 Å². The number of hydrogen-bond acceptors (Lipinski definition) is 4. The fourth-order valence-electron chi connectivity index (χ4n) is 2.64. The zero-order chi connectivity index (χ0) is 16.4. The smallest absolute Gasteiger partial charge is 0.247 e. The zero-order valence-electron chi connectivity index (χ0n) is 14.0. The van der Waals surface area contributed by atoms with Crippen LogP contribution in [0, 0.1) is 20.8 Å². The molecule has 2 heterocycles. The van der Waals surface area contributed by atoms with Crippen LogP contribution in [-0.2, 0) is 13.1 Å². The van der Waals surface area contributed by atoms with Gasteiger partial charge in [-0.2, -0.15) is 10.1 Å². The number of rotatable bonds is 5. The highest BCUT2D eigenvalue weighted by Crippen LogP contribution is 2.17. The Morgan fingerprint density at radius 1 is 1.04 bits per heavy atom. The lowest BCUT2D eigenvalue weighted by molar-refractivity contribution is 0.636. The van der Waals surface area contributed by atoms with Crippen LogP contribution in [-0.4, -0.2) is 24.5 Å². The van der Waals surface area contributed by atoms with Crippen molar-refractivity contribution in [3.63, 3.8) is 0 Å². The van der Waals surface area contributed by atoms with Crippen molar-refractivity contribution in [1.29, 1.82) is 0 Å². The Labute approximate surface area is 136 Å². The molecule has 1 aromatic carbocycles. The van der Waals surface area contributed by atoms with E-state index in [0.717, 1.165) is 23.9 Å². The lowest BCUT2D eigenvalue weighted by Gasteiger charge is -2.08. The lowest BCUT2D eigenvalue weighted by atomic mass is 10.1. The summed E-state index contributed by atoms with van der Waals surface area (Å²) in [5.74, 6) is 2.41. The molecule has 0 aliphatic carbocycles. The second-order valence-electron chi connectivity index (χ2n) is 5.74. The minimum absolute atomic E-state index is 0.606. The third kappa shape index (κ3) is 3.41. The number of aromatic nitrogens is 5. The fraction of sp³-hybridized carbons (Fsp3) is 0.353. The second-order valence-corrected chi connectivity index (χ2v) is 5.74. The highest BCUT2D eigenvalue weighted by Gasteiger charge is 2.10. The maximum Gasteiger partial charge on any atom is 0.247 e. The number of aryl methyl sites for hydroxylation is 4. The van der Waals surface area contributed by atoms with Gasteiger partial charge in [-0.15, -0.1) is 5.10 Å². The standard InChI is InChI=1S/C17H22N6/c1-5-22-14(4)18-17(21-22)19-16-10-13(3)20-23(16)11-15-8-6-7-12(2)9-15/h6-10H,5,11H2,1-4H3,(H,19,21). The van der Waals surface area contributed by atoms with Crippen molar-refractivity contribution in [3.8, 4) is 0 Å². The topological polar surface area (TPSA) is 60.6 Å². The maximum absolute atomic E-state index is 4.57. The summed E-state index contributed by atoms with van der Waals surface area (Å²) in [4.78, 5) is 4.45. The van der Waals surface area contributed by atoms with E-state index in [1.165, 1.54) is 11.1 Å². The molecule has 120 valence electrons. The molecule has 6 nitrogen and oxygen atoms in total. The Hall–Kier alpha value is -2.63. The van der Waals surface area contributed by atoms with E-state index in [0.29, 0.717) is 12.5 Å². The number of benzene rings is 1. The SMILES string of the molecule is CCn1nc(Nc2cc(C)nn2Cc2cccc(C)c2)nc1C. The van der Waals surface area contributed by atoms with Crippen molar-refractivity contribution < 1.29 is 0 Å². The Bertz CT molecular complexity index is 814. The van der Waals surface area contributed by atoms with E-state index in [1.807, 2.05) is 29.3 Å². The van der Waals surface area contributed by atoms with Gasteiger partial charge in [-0.3, -0.25) is 0 Å². The van der Waals surface area contributed by atoms with Crippen LogP contribution < -0.4 is 5.32 Å². The Morgan fingerprint density at radius 2 is 1.87 bits per heavy atom. The normalized spacial score (nSPS) is 11.0. The monoisotopic (exact) mass is 310 g/mol. The third-order valence-electron chi connectivity index (χ3n) is 3.71. The molecule has 0 fully saturated rings. The molecular formula is C17H22N6. The summed E-state index contributed by atoms with van der Waals surface area (Å²) in [6.45, 7) is 9.62. The molecule has 0 saturated heterocycles. The zero-order valence-corrected chi connectivity index (χ0v) is 14.0. The first-order valence-corrected chi connectivity index (χ1v) is 7.83. The molecule has 0 spiro atoms. The molecule has 0 amide bonds. The van der Waals surface area contributed by atoms with Gasteiger partial charge >= 0.3 is 0 Å². The molecule has 0 aliphatic rings. The van der Waals surface area contributed by atoms with Gasteiger partial charge in [0.05, 0.1) is 12.2 Å². The largest absolute Gasteiger partial charge is 0.308 e. The van der Waals surface area contributed by atoms with Crippen LogP contribution in [0.25, 0.3) is 0 Å². The summed E-state index contributed by atoms with van der Waals surface area (Å²) in [5.41, 5.74) is 3.44. The van der Waals surface area contributed by atoms with E-state index in [1.54, 1.807) is 0 Å². The average Bonchev–Trinajstić information content (AvgIpc) is 3.02. The number of hydrogen-bond donors (Lipinski definition) is 1. The quantitative estimate of drug-likeness (QED) is 0.786. The van der Waals surface area contributed by atoms with E-state index in [4.69, 9.17) is 0 Å². The van der Waals surface area contributed by atoms with E-state index in [-0.39, 0.29) is 0 Å². The summed E-state index contributed by atoms with van der Waals surface area (Å²) in [7, 11) is 0. The van der Waals surface area contributed by atoms with E-state index in [9.17, 15) is 0 Å². The highest BCUT2D eigenvalue weighted by atomic mass is 15.4. The molecule has 3 rings (SSSR count). The number of anilines is 2. The van der Waals surface area contributed by atoms with Crippen LogP contribution in [0.4, 0.5) is 11.8 Å². The first-order valence-electron chi connectivity index (χ1n) is 7.83. The van der Waals surface area contributed by atoms with Crippen molar-refractivity contribution in [3.05, 3.63) is 53.0 Å². The fourth-order valence-corrected chi connectivity index (χ4v) is 2.64. The molecule has 0 aliphatic heterocycles. The van der Waals surface area contributed by atoms with Crippen molar-refractivity contribution in [2.24, 2.45) is 0 Å². The molecule has 2 aromatic heterocycles. The number of nitrogens with one attached hydrogen (secondary N) is 1.